The standard InChI is InChI=1S/C58H64N4/c1-52(2)28-54(5,6)48-46(52)32-17-15-16-18-33(32)50-59-42-24-38-36(25-44(42)61(48)50)31-22-35(37(38)23-31)30-19-20-34-39(21-30)47-49(55(7,8)29-53(47,3)4)62-45-27-41-40(26-43(45)60-51(34)62)56(9,10)58(13,14)57(41,11)12/h15-21,24-27,31,35,37H,22-23,28-29H2,1-14H3. The second-order valence-corrected chi connectivity index (χ2v) is 25.3. The number of aromatic nitrogens is 4. The molecule has 0 N–H and O–H groups in total. The van der Waals surface area contributed by atoms with Crippen molar-refractivity contribution >= 4 is 54.9 Å². The van der Waals surface area contributed by atoms with Gasteiger partial charge in [-0.2, -0.15) is 0 Å². The van der Waals surface area contributed by atoms with Crippen molar-refractivity contribution in [2.75, 3.05) is 0 Å². The van der Waals surface area contributed by atoms with Crippen molar-refractivity contribution in [2.24, 2.45) is 5.41 Å². The number of rotatable bonds is 1. The van der Waals surface area contributed by atoms with Crippen molar-refractivity contribution in [1.29, 1.82) is 0 Å². The van der Waals surface area contributed by atoms with Gasteiger partial charge in [0.2, 0.25) is 0 Å². The molecule has 13 rings (SSSR count). The second kappa shape index (κ2) is 10.8. The summed E-state index contributed by atoms with van der Waals surface area (Å²) in [6.45, 7) is 34.5. The molecule has 4 aromatic heterocycles. The Balaban J connectivity index is 0.991. The zero-order chi connectivity index (χ0) is 43.4. The summed E-state index contributed by atoms with van der Waals surface area (Å²) in [6, 6.07) is 26.8. The molecule has 5 aliphatic rings. The van der Waals surface area contributed by atoms with Crippen molar-refractivity contribution in [3.8, 4) is 0 Å². The average molecular weight is 817 g/mol. The number of fused-ring (bicyclic) bond motifs is 22. The van der Waals surface area contributed by atoms with Crippen LogP contribution in [0.3, 0.4) is 0 Å². The number of hydrogen-bond acceptors (Lipinski definition) is 2. The third kappa shape index (κ3) is 4.19. The van der Waals surface area contributed by atoms with Gasteiger partial charge in [0.05, 0.1) is 22.1 Å². The summed E-state index contributed by atoms with van der Waals surface area (Å²) in [5.41, 5.74) is 21.1. The predicted octanol–water partition coefficient (Wildman–Crippen LogP) is 14.9. The van der Waals surface area contributed by atoms with E-state index >= 15 is 0 Å². The molecule has 8 aromatic rings. The molecule has 1 saturated carbocycles. The van der Waals surface area contributed by atoms with Gasteiger partial charge < -0.3 is 0 Å². The van der Waals surface area contributed by atoms with Crippen molar-refractivity contribution in [2.45, 2.75) is 173 Å². The van der Waals surface area contributed by atoms with Gasteiger partial charge in [0.15, 0.2) is 0 Å². The largest absolute Gasteiger partial charge is 0.295 e. The molecule has 4 aromatic carbocycles. The number of imidazole rings is 2. The van der Waals surface area contributed by atoms with Gasteiger partial charge in [-0.15, -0.1) is 0 Å². The molecule has 316 valence electrons. The molecule has 0 radical (unpaired) electrons. The van der Waals surface area contributed by atoms with Crippen LogP contribution in [0.15, 0.2) is 66.7 Å². The molecule has 3 unspecified atom stereocenters. The molecule has 2 bridgehead atoms. The highest BCUT2D eigenvalue weighted by Gasteiger charge is 2.57. The Hall–Kier alpha value is -4.70. The Labute approximate surface area is 367 Å². The Morgan fingerprint density at radius 2 is 1.00 bits per heavy atom. The predicted molar refractivity (Wildman–Crippen MR) is 259 cm³/mol. The van der Waals surface area contributed by atoms with Crippen LogP contribution in [0, 0.1) is 5.41 Å². The van der Waals surface area contributed by atoms with Crippen molar-refractivity contribution in [1.82, 2.24) is 18.8 Å². The lowest BCUT2D eigenvalue weighted by atomic mass is 9.59. The number of pyridine rings is 2. The molecule has 0 spiro atoms. The second-order valence-electron chi connectivity index (χ2n) is 25.3. The first kappa shape index (κ1) is 37.8. The lowest BCUT2D eigenvalue weighted by Crippen LogP contribution is -2.42. The maximum atomic E-state index is 5.63. The molecule has 4 heterocycles. The summed E-state index contributed by atoms with van der Waals surface area (Å²) < 4.78 is 5.21. The first-order chi connectivity index (χ1) is 29.0. The average Bonchev–Trinajstić information content (AvgIpc) is 4.02. The Bertz CT molecular complexity index is 3410. The lowest BCUT2D eigenvalue weighted by molar-refractivity contribution is 0.125. The van der Waals surface area contributed by atoms with E-state index in [2.05, 4.69) is 172 Å². The monoisotopic (exact) mass is 817 g/mol. The fourth-order valence-corrected chi connectivity index (χ4v) is 16.0. The molecule has 3 atom stereocenters. The maximum Gasteiger partial charge on any atom is 0.146 e. The van der Waals surface area contributed by atoms with Gasteiger partial charge in [-0.1, -0.05) is 139 Å². The van der Waals surface area contributed by atoms with Crippen LogP contribution in [0.5, 0.6) is 0 Å². The number of hydrogen-bond donors (Lipinski definition) is 0. The zero-order valence-electron chi connectivity index (χ0n) is 39.7. The van der Waals surface area contributed by atoms with Gasteiger partial charge in [-0.25, -0.2) is 9.97 Å². The topological polar surface area (TPSA) is 34.6 Å². The van der Waals surface area contributed by atoms with E-state index in [-0.39, 0.29) is 37.9 Å². The summed E-state index contributed by atoms with van der Waals surface area (Å²) in [7, 11) is 0. The van der Waals surface area contributed by atoms with Crippen LogP contribution in [0.4, 0.5) is 0 Å². The van der Waals surface area contributed by atoms with Gasteiger partial charge in [0.1, 0.15) is 11.3 Å². The van der Waals surface area contributed by atoms with Crippen LogP contribution >= 0.6 is 0 Å². The van der Waals surface area contributed by atoms with Gasteiger partial charge in [0.25, 0.3) is 0 Å². The van der Waals surface area contributed by atoms with Crippen LogP contribution in [0.1, 0.15) is 191 Å². The lowest BCUT2D eigenvalue weighted by Gasteiger charge is -2.44. The SMILES string of the molecule is CC1(C)CC(C)(C)c2c1c1ccccc1c1nc3cc4c(cc3n21)C1CC(c2ccc3c(c2)c2c(n5c6cc7c(cc6nc35)C(C)(C)C(C)(C)C7(C)C)C(C)(C)CC2(C)C)C4C1. The van der Waals surface area contributed by atoms with Gasteiger partial charge in [-0.3, -0.25) is 8.80 Å². The van der Waals surface area contributed by atoms with E-state index in [1.54, 1.807) is 11.1 Å². The van der Waals surface area contributed by atoms with Crippen LogP contribution in [-0.2, 0) is 32.5 Å². The summed E-state index contributed by atoms with van der Waals surface area (Å²) >= 11 is 0. The smallest absolute Gasteiger partial charge is 0.146 e. The fraction of sp³-hybridized carbons (Fsp3) is 0.483. The first-order valence-corrected chi connectivity index (χ1v) is 23.9. The maximum absolute atomic E-state index is 5.63. The minimum Gasteiger partial charge on any atom is -0.295 e. The Morgan fingerprint density at radius 3 is 1.63 bits per heavy atom. The molecule has 4 nitrogen and oxygen atoms in total. The summed E-state index contributed by atoms with van der Waals surface area (Å²) in [4.78, 5) is 11.2. The molecule has 1 fully saturated rings. The highest BCUT2D eigenvalue weighted by Crippen LogP contribution is 2.64. The molecule has 5 aliphatic carbocycles. The van der Waals surface area contributed by atoms with E-state index in [1.165, 1.54) is 84.6 Å². The zero-order valence-corrected chi connectivity index (χ0v) is 39.7. The molecule has 0 saturated heterocycles. The minimum atomic E-state index is 0.00320. The van der Waals surface area contributed by atoms with Gasteiger partial charge in [0, 0.05) is 33.0 Å². The van der Waals surface area contributed by atoms with Crippen LogP contribution < -0.4 is 0 Å². The van der Waals surface area contributed by atoms with E-state index < -0.39 is 0 Å². The normalized spacial score (nSPS) is 26.1. The molecular weight excluding hydrogens is 753 g/mol. The summed E-state index contributed by atoms with van der Waals surface area (Å²) in [6.07, 6.45) is 4.71. The van der Waals surface area contributed by atoms with Crippen LogP contribution in [0.25, 0.3) is 54.9 Å². The van der Waals surface area contributed by atoms with Gasteiger partial charge in [-0.05, 0) is 144 Å². The number of benzene rings is 4. The number of nitrogens with zero attached hydrogens (tertiary/aromatic N) is 4. The van der Waals surface area contributed by atoms with Crippen molar-refractivity contribution < 1.29 is 0 Å². The summed E-state index contributed by atoms with van der Waals surface area (Å²) in [5.74, 6) is 1.58. The van der Waals surface area contributed by atoms with E-state index in [0.29, 0.717) is 17.8 Å². The fourth-order valence-electron chi connectivity index (χ4n) is 16.0. The van der Waals surface area contributed by atoms with Crippen LogP contribution in [-0.4, -0.2) is 18.8 Å². The molecular formula is C58H64N4. The van der Waals surface area contributed by atoms with Crippen molar-refractivity contribution in [3.05, 3.63) is 117 Å². The van der Waals surface area contributed by atoms with Crippen LogP contribution in [0.2, 0.25) is 0 Å². The molecule has 0 amide bonds. The minimum absolute atomic E-state index is 0.00320. The molecule has 0 aliphatic heterocycles. The highest BCUT2D eigenvalue weighted by molar-refractivity contribution is 6.04. The quantitative estimate of drug-likeness (QED) is 0.165. The van der Waals surface area contributed by atoms with E-state index in [0.717, 1.165) is 35.2 Å². The van der Waals surface area contributed by atoms with Crippen molar-refractivity contribution in [3.63, 3.8) is 0 Å². The highest BCUT2D eigenvalue weighted by atomic mass is 15.1. The Kier molecular flexibility index (Phi) is 6.58. The third-order valence-corrected chi connectivity index (χ3v) is 19.3. The summed E-state index contributed by atoms with van der Waals surface area (Å²) in [5, 5.41) is 5.39. The molecule has 62 heavy (non-hydrogen) atoms. The first-order valence-electron chi connectivity index (χ1n) is 23.9. The third-order valence-electron chi connectivity index (χ3n) is 19.3. The van der Waals surface area contributed by atoms with Gasteiger partial charge >= 0.3 is 0 Å². The van der Waals surface area contributed by atoms with E-state index in [9.17, 15) is 0 Å². The van der Waals surface area contributed by atoms with E-state index in [4.69, 9.17) is 9.97 Å². The Morgan fingerprint density at radius 1 is 0.484 bits per heavy atom. The van der Waals surface area contributed by atoms with E-state index in [1.807, 2.05) is 0 Å². The molecule has 4 heteroatoms.